The van der Waals surface area contributed by atoms with Crippen molar-refractivity contribution >= 4 is 67.1 Å². The lowest BCUT2D eigenvalue weighted by atomic mass is 10.0. The highest BCUT2D eigenvalue weighted by molar-refractivity contribution is 7.86. The summed E-state index contributed by atoms with van der Waals surface area (Å²) in [5.74, 6) is -0.645. The maximum atomic E-state index is 13.2. The molecule has 0 fully saturated rings. The second kappa shape index (κ2) is 11.0. The molecule has 0 heterocycles. The number of carbonyl (C=O) groups is 1. The molecule has 12 heteroatoms. The zero-order valence-corrected chi connectivity index (χ0v) is 22.4. The molecule has 0 saturated carbocycles. The summed E-state index contributed by atoms with van der Waals surface area (Å²) in [7, 11) is -3.15. The molecule has 0 aromatic heterocycles. The number of nitrogens with zero attached hydrogens (tertiary/aromatic N) is 2. The van der Waals surface area contributed by atoms with E-state index < -0.39 is 26.7 Å². The number of amides is 1. The van der Waals surface area contributed by atoms with Crippen LogP contribution >= 0.6 is 23.2 Å². The van der Waals surface area contributed by atoms with Crippen LogP contribution in [0.2, 0.25) is 10.0 Å². The number of halogens is 2. The van der Waals surface area contributed by atoms with Gasteiger partial charge in [0, 0.05) is 22.2 Å². The SMILES string of the molecule is CCc1cc(Cl)c(S(=O)(=O)O)cc1N=Nc1c(O)c(C(=O)Nc2cc(Cl)cc(OC)c2)cc2ccccc12. The van der Waals surface area contributed by atoms with Crippen LogP contribution in [0.4, 0.5) is 17.1 Å². The van der Waals surface area contributed by atoms with Crippen molar-refractivity contribution in [1.29, 1.82) is 0 Å². The third-order valence-corrected chi connectivity index (χ3v) is 7.19. The van der Waals surface area contributed by atoms with Crippen molar-refractivity contribution in [2.75, 3.05) is 12.4 Å². The Morgan fingerprint density at radius 2 is 1.79 bits per heavy atom. The summed E-state index contributed by atoms with van der Waals surface area (Å²) in [5, 5.41) is 23.4. The number of carbonyl (C=O) groups excluding carboxylic acids is 1. The second-order valence-corrected chi connectivity index (χ2v) is 10.3. The molecule has 0 aliphatic heterocycles. The lowest BCUT2D eigenvalue weighted by Crippen LogP contribution is -2.12. The fourth-order valence-electron chi connectivity index (χ4n) is 3.80. The van der Waals surface area contributed by atoms with Crippen molar-refractivity contribution in [3.05, 3.63) is 81.8 Å². The third kappa shape index (κ3) is 5.73. The molecule has 4 aromatic rings. The Morgan fingerprint density at radius 1 is 1.05 bits per heavy atom. The van der Waals surface area contributed by atoms with E-state index in [-0.39, 0.29) is 22.0 Å². The Hall–Kier alpha value is -3.70. The average Bonchev–Trinajstić information content (AvgIpc) is 2.87. The van der Waals surface area contributed by atoms with Crippen LogP contribution in [0.25, 0.3) is 10.8 Å². The number of nitrogens with one attached hydrogen (secondary N) is 1. The number of anilines is 1. The standard InChI is InChI=1S/C26H21Cl2N3O6S/c1-3-14-9-21(28)23(38(34,35)36)13-22(14)30-31-24-19-7-5-4-6-15(19)8-20(25(24)32)26(33)29-17-10-16(27)11-18(12-17)37-2/h4-13,32H,3H2,1-2H3,(H,29,33)(H,34,35,36). The predicted molar refractivity (Wildman–Crippen MR) is 146 cm³/mol. The number of hydrogen-bond donors (Lipinski definition) is 3. The lowest BCUT2D eigenvalue weighted by Gasteiger charge is -2.12. The Labute approximate surface area is 228 Å². The van der Waals surface area contributed by atoms with Crippen LogP contribution in [-0.2, 0) is 16.5 Å². The van der Waals surface area contributed by atoms with Crippen LogP contribution in [0.3, 0.4) is 0 Å². The molecule has 0 saturated heterocycles. The molecule has 3 N–H and O–H groups in total. The van der Waals surface area contributed by atoms with E-state index in [1.165, 1.54) is 25.3 Å². The summed E-state index contributed by atoms with van der Waals surface area (Å²) in [6, 6.07) is 15.6. The monoisotopic (exact) mass is 573 g/mol. The van der Waals surface area contributed by atoms with Gasteiger partial charge in [0.25, 0.3) is 16.0 Å². The number of hydrogen-bond acceptors (Lipinski definition) is 7. The van der Waals surface area contributed by atoms with Crippen LogP contribution in [-0.4, -0.2) is 31.1 Å². The molecule has 1 amide bonds. The smallest absolute Gasteiger partial charge is 0.296 e. The number of azo groups is 1. The number of aryl methyl sites for hydroxylation is 1. The Bertz CT molecular complexity index is 1710. The van der Waals surface area contributed by atoms with E-state index in [1.54, 1.807) is 43.3 Å². The molecule has 0 spiro atoms. The summed E-state index contributed by atoms with van der Waals surface area (Å²) >= 11 is 12.1. The highest BCUT2D eigenvalue weighted by Gasteiger charge is 2.20. The summed E-state index contributed by atoms with van der Waals surface area (Å²) in [6.45, 7) is 1.81. The summed E-state index contributed by atoms with van der Waals surface area (Å²) in [4.78, 5) is 12.6. The van der Waals surface area contributed by atoms with Gasteiger partial charge in [0.05, 0.1) is 23.4 Å². The van der Waals surface area contributed by atoms with Crippen molar-refractivity contribution in [3.63, 3.8) is 0 Å². The first-order chi connectivity index (χ1) is 18.0. The van der Waals surface area contributed by atoms with Crippen molar-refractivity contribution in [2.24, 2.45) is 10.2 Å². The Morgan fingerprint density at radius 3 is 2.47 bits per heavy atom. The number of aromatic hydroxyl groups is 1. The van der Waals surface area contributed by atoms with E-state index in [2.05, 4.69) is 15.5 Å². The minimum atomic E-state index is -4.62. The second-order valence-electron chi connectivity index (χ2n) is 8.12. The van der Waals surface area contributed by atoms with Crippen LogP contribution in [0.5, 0.6) is 11.5 Å². The van der Waals surface area contributed by atoms with Gasteiger partial charge in [0.1, 0.15) is 16.3 Å². The molecular weight excluding hydrogens is 553 g/mol. The fourth-order valence-corrected chi connectivity index (χ4v) is 5.07. The van der Waals surface area contributed by atoms with Gasteiger partial charge in [0.15, 0.2) is 5.75 Å². The molecular formula is C26H21Cl2N3O6S. The predicted octanol–water partition coefficient (Wildman–Crippen LogP) is 7.34. The maximum Gasteiger partial charge on any atom is 0.296 e. The molecule has 4 rings (SSSR count). The van der Waals surface area contributed by atoms with E-state index >= 15 is 0 Å². The molecule has 0 unspecified atom stereocenters. The number of rotatable bonds is 7. The molecule has 38 heavy (non-hydrogen) atoms. The number of phenolic OH excluding ortho intramolecular Hbond substituents is 1. The van der Waals surface area contributed by atoms with Gasteiger partial charge in [-0.2, -0.15) is 13.5 Å². The Kier molecular flexibility index (Phi) is 7.89. The van der Waals surface area contributed by atoms with Crippen molar-refractivity contribution in [2.45, 2.75) is 18.2 Å². The highest BCUT2D eigenvalue weighted by atomic mass is 35.5. The Balaban J connectivity index is 1.82. The summed E-state index contributed by atoms with van der Waals surface area (Å²) < 4.78 is 38.2. The van der Waals surface area contributed by atoms with Gasteiger partial charge in [-0.1, -0.05) is 54.4 Å². The number of ether oxygens (including phenoxy) is 1. The largest absolute Gasteiger partial charge is 0.505 e. The topological polar surface area (TPSA) is 138 Å². The molecule has 196 valence electrons. The van der Waals surface area contributed by atoms with Gasteiger partial charge in [-0.05, 0) is 47.7 Å². The first kappa shape index (κ1) is 27.3. The zero-order valence-electron chi connectivity index (χ0n) is 20.1. The summed E-state index contributed by atoms with van der Waals surface area (Å²) in [5.41, 5.74) is 0.929. The van der Waals surface area contributed by atoms with Crippen LogP contribution < -0.4 is 10.1 Å². The molecule has 0 aliphatic rings. The number of phenols is 1. The first-order valence-electron chi connectivity index (χ1n) is 11.1. The normalized spacial score (nSPS) is 11.7. The van der Waals surface area contributed by atoms with Crippen LogP contribution in [0.1, 0.15) is 22.8 Å². The lowest BCUT2D eigenvalue weighted by molar-refractivity contribution is 0.102. The van der Waals surface area contributed by atoms with Gasteiger partial charge in [0.2, 0.25) is 0 Å². The maximum absolute atomic E-state index is 13.2. The van der Waals surface area contributed by atoms with Gasteiger partial charge in [-0.3, -0.25) is 9.35 Å². The van der Waals surface area contributed by atoms with Gasteiger partial charge < -0.3 is 15.2 Å². The quantitative estimate of drug-likeness (QED) is 0.156. The number of methoxy groups -OCH3 is 1. The fraction of sp³-hybridized carbons (Fsp3) is 0.115. The third-order valence-electron chi connectivity index (χ3n) is 5.65. The van der Waals surface area contributed by atoms with Gasteiger partial charge >= 0.3 is 0 Å². The van der Waals surface area contributed by atoms with Crippen molar-refractivity contribution in [3.8, 4) is 11.5 Å². The average molecular weight is 574 g/mol. The van der Waals surface area contributed by atoms with Gasteiger partial charge in [-0.25, -0.2) is 0 Å². The van der Waals surface area contributed by atoms with Crippen molar-refractivity contribution < 1.29 is 27.6 Å². The minimum absolute atomic E-state index is 0.0117. The van der Waals surface area contributed by atoms with Crippen LogP contribution in [0.15, 0.2) is 75.8 Å². The van der Waals surface area contributed by atoms with E-state index in [9.17, 15) is 22.9 Å². The molecule has 4 aromatic carbocycles. The van der Waals surface area contributed by atoms with Crippen molar-refractivity contribution in [1.82, 2.24) is 0 Å². The number of benzene rings is 4. The molecule has 0 bridgehead atoms. The van der Waals surface area contributed by atoms with Gasteiger partial charge in [-0.15, -0.1) is 5.11 Å². The minimum Gasteiger partial charge on any atom is -0.505 e. The molecule has 9 nitrogen and oxygen atoms in total. The first-order valence-corrected chi connectivity index (χ1v) is 13.3. The van der Waals surface area contributed by atoms with Crippen LogP contribution in [0, 0.1) is 0 Å². The zero-order chi connectivity index (χ0) is 27.6. The number of fused-ring (bicyclic) bond motifs is 1. The highest BCUT2D eigenvalue weighted by Crippen LogP contribution is 2.41. The van der Waals surface area contributed by atoms with E-state index in [0.29, 0.717) is 39.2 Å². The van der Waals surface area contributed by atoms with E-state index in [1.807, 2.05) is 0 Å². The molecule has 0 aliphatic carbocycles. The molecule has 0 radical (unpaired) electrons. The van der Waals surface area contributed by atoms with E-state index in [0.717, 1.165) is 6.07 Å². The van der Waals surface area contributed by atoms with E-state index in [4.69, 9.17) is 27.9 Å². The summed E-state index contributed by atoms with van der Waals surface area (Å²) in [6.07, 6.45) is 0.429. The molecule has 0 atom stereocenters.